The molecule has 6 heteroatoms. The van der Waals surface area contributed by atoms with Crippen LogP contribution in [0, 0.1) is 0 Å². The van der Waals surface area contributed by atoms with Crippen LogP contribution in [0.3, 0.4) is 0 Å². The van der Waals surface area contributed by atoms with Crippen LogP contribution in [0.1, 0.15) is 18.4 Å². The van der Waals surface area contributed by atoms with E-state index in [0.717, 1.165) is 24.3 Å². The van der Waals surface area contributed by atoms with Crippen LogP contribution in [0.15, 0.2) is 24.3 Å². The quantitative estimate of drug-likeness (QED) is 0.667. The highest BCUT2D eigenvalue weighted by Crippen LogP contribution is 2.11. The van der Waals surface area contributed by atoms with Crippen molar-refractivity contribution in [2.45, 2.75) is 19.4 Å². The van der Waals surface area contributed by atoms with Crippen molar-refractivity contribution >= 4 is 10.0 Å². The SMILES string of the molecule is CNCCCCS(=O)(=O)NCc1ccc(OC)cc1. The van der Waals surface area contributed by atoms with Crippen molar-refractivity contribution in [3.8, 4) is 5.75 Å². The number of hydrogen-bond donors (Lipinski definition) is 2. The van der Waals surface area contributed by atoms with Crippen LogP contribution in [0.5, 0.6) is 5.75 Å². The Morgan fingerprint density at radius 1 is 1.16 bits per heavy atom. The first-order valence-corrected chi connectivity index (χ1v) is 7.97. The van der Waals surface area contributed by atoms with E-state index < -0.39 is 10.0 Å². The largest absolute Gasteiger partial charge is 0.497 e. The molecule has 1 rings (SSSR count). The molecular formula is C13H22N2O3S. The number of hydrogen-bond acceptors (Lipinski definition) is 4. The fourth-order valence-electron chi connectivity index (χ4n) is 1.60. The molecule has 0 aliphatic carbocycles. The molecule has 0 heterocycles. The molecule has 19 heavy (non-hydrogen) atoms. The van der Waals surface area contributed by atoms with Gasteiger partial charge in [0.2, 0.25) is 10.0 Å². The molecule has 2 N–H and O–H groups in total. The minimum atomic E-state index is -3.18. The van der Waals surface area contributed by atoms with Gasteiger partial charge < -0.3 is 10.1 Å². The van der Waals surface area contributed by atoms with E-state index >= 15 is 0 Å². The number of sulfonamides is 1. The van der Waals surface area contributed by atoms with Gasteiger partial charge in [0.05, 0.1) is 12.9 Å². The van der Waals surface area contributed by atoms with E-state index in [2.05, 4.69) is 10.0 Å². The molecule has 0 amide bonds. The van der Waals surface area contributed by atoms with Crippen molar-refractivity contribution in [1.82, 2.24) is 10.0 Å². The van der Waals surface area contributed by atoms with Crippen molar-refractivity contribution in [3.05, 3.63) is 29.8 Å². The van der Waals surface area contributed by atoms with Gasteiger partial charge in [0.1, 0.15) is 5.75 Å². The smallest absolute Gasteiger partial charge is 0.211 e. The molecular weight excluding hydrogens is 264 g/mol. The monoisotopic (exact) mass is 286 g/mol. The number of rotatable bonds is 9. The normalized spacial score (nSPS) is 11.5. The van der Waals surface area contributed by atoms with Crippen LogP contribution in [0.4, 0.5) is 0 Å². The average Bonchev–Trinajstić information content (AvgIpc) is 2.42. The Morgan fingerprint density at radius 2 is 1.84 bits per heavy atom. The predicted molar refractivity (Wildman–Crippen MR) is 76.8 cm³/mol. The average molecular weight is 286 g/mol. The Labute approximate surface area is 115 Å². The first-order chi connectivity index (χ1) is 9.07. The maximum absolute atomic E-state index is 11.7. The molecule has 0 aliphatic heterocycles. The van der Waals surface area contributed by atoms with Gasteiger partial charge in [-0.25, -0.2) is 13.1 Å². The second kappa shape index (κ2) is 8.14. The molecule has 5 nitrogen and oxygen atoms in total. The summed E-state index contributed by atoms with van der Waals surface area (Å²) in [7, 11) is 0.273. The summed E-state index contributed by atoms with van der Waals surface area (Å²) in [5.41, 5.74) is 0.916. The minimum Gasteiger partial charge on any atom is -0.497 e. The lowest BCUT2D eigenvalue weighted by Gasteiger charge is -2.07. The zero-order chi connectivity index (χ0) is 14.1. The van der Waals surface area contributed by atoms with Crippen molar-refractivity contribution in [3.63, 3.8) is 0 Å². The Morgan fingerprint density at radius 3 is 2.42 bits per heavy atom. The topological polar surface area (TPSA) is 67.4 Å². The third kappa shape index (κ3) is 6.56. The minimum absolute atomic E-state index is 0.171. The molecule has 0 spiro atoms. The third-order valence-corrected chi connectivity index (χ3v) is 4.16. The molecule has 0 atom stereocenters. The number of benzene rings is 1. The van der Waals surface area contributed by atoms with Gasteiger partial charge in [-0.05, 0) is 44.1 Å². The van der Waals surface area contributed by atoms with E-state index in [-0.39, 0.29) is 5.75 Å². The molecule has 0 radical (unpaired) electrons. The van der Waals surface area contributed by atoms with Crippen LogP contribution in [-0.4, -0.2) is 34.9 Å². The van der Waals surface area contributed by atoms with Gasteiger partial charge in [0.25, 0.3) is 0 Å². The van der Waals surface area contributed by atoms with Crippen LogP contribution in [-0.2, 0) is 16.6 Å². The van der Waals surface area contributed by atoms with Gasteiger partial charge in [-0.3, -0.25) is 0 Å². The van der Waals surface area contributed by atoms with Gasteiger partial charge in [0.15, 0.2) is 0 Å². The molecule has 0 aromatic heterocycles. The lowest BCUT2D eigenvalue weighted by atomic mass is 10.2. The number of methoxy groups -OCH3 is 1. The third-order valence-electron chi connectivity index (χ3n) is 2.75. The van der Waals surface area contributed by atoms with Gasteiger partial charge in [-0.15, -0.1) is 0 Å². The summed E-state index contributed by atoms with van der Waals surface area (Å²) < 4.78 is 31.1. The van der Waals surface area contributed by atoms with E-state index in [1.54, 1.807) is 7.11 Å². The summed E-state index contributed by atoms with van der Waals surface area (Å²) in [6, 6.07) is 7.33. The Balaban J connectivity index is 2.37. The maximum atomic E-state index is 11.7. The summed E-state index contributed by atoms with van der Waals surface area (Å²) in [6.07, 6.45) is 1.53. The fourth-order valence-corrected chi connectivity index (χ4v) is 2.72. The van der Waals surface area contributed by atoms with Gasteiger partial charge >= 0.3 is 0 Å². The summed E-state index contributed by atoms with van der Waals surface area (Å²) in [5, 5.41) is 3.00. The highest BCUT2D eigenvalue weighted by Gasteiger charge is 2.09. The first kappa shape index (κ1) is 15.9. The lowest BCUT2D eigenvalue weighted by Crippen LogP contribution is -2.26. The number of ether oxygens (including phenoxy) is 1. The fraction of sp³-hybridized carbons (Fsp3) is 0.538. The van der Waals surface area contributed by atoms with E-state index in [1.165, 1.54) is 0 Å². The van der Waals surface area contributed by atoms with Crippen LogP contribution < -0.4 is 14.8 Å². The predicted octanol–water partition coefficient (Wildman–Crippen LogP) is 1.11. The lowest BCUT2D eigenvalue weighted by molar-refractivity contribution is 0.414. The number of unbranched alkanes of at least 4 members (excludes halogenated alkanes) is 1. The van der Waals surface area contributed by atoms with Crippen LogP contribution in [0.2, 0.25) is 0 Å². The van der Waals surface area contributed by atoms with Crippen molar-refractivity contribution in [2.24, 2.45) is 0 Å². The summed E-state index contributed by atoms with van der Waals surface area (Å²) in [5.74, 6) is 0.934. The van der Waals surface area contributed by atoms with Crippen molar-refractivity contribution in [2.75, 3.05) is 26.5 Å². The number of nitrogens with one attached hydrogen (secondary N) is 2. The Hall–Kier alpha value is -1.11. The Bertz CT molecular complexity index is 457. The second-order valence-corrected chi connectivity index (χ2v) is 6.23. The first-order valence-electron chi connectivity index (χ1n) is 6.32. The molecule has 1 aromatic rings. The van der Waals surface area contributed by atoms with Crippen LogP contribution in [0.25, 0.3) is 0 Å². The van der Waals surface area contributed by atoms with Crippen molar-refractivity contribution in [1.29, 1.82) is 0 Å². The molecule has 0 bridgehead atoms. The van der Waals surface area contributed by atoms with Crippen LogP contribution >= 0.6 is 0 Å². The molecule has 0 aliphatic rings. The molecule has 0 saturated carbocycles. The zero-order valence-electron chi connectivity index (χ0n) is 11.5. The molecule has 0 unspecified atom stereocenters. The van der Waals surface area contributed by atoms with E-state index in [0.29, 0.717) is 13.0 Å². The second-order valence-electron chi connectivity index (χ2n) is 4.30. The molecule has 1 aromatic carbocycles. The van der Waals surface area contributed by atoms with Gasteiger partial charge in [0, 0.05) is 6.54 Å². The summed E-state index contributed by atoms with van der Waals surface area (Å²) in [4.78, 5) is 0. The zero-order valence-corrected chi connectivity index (χ0v) is 12.3. The Kier molecular flexibility index (Phi) is 6.83. The summed E-state index contributed by atoms with van der Waals surface area (Å²) in [6.45, 7) is 1.16. The summed E-state index contributed by atoms with van der Waals surface area (Å²) >= 11 is 0. The highest BCUT2D eigenvalue weighted by atomic mass is 32.2. The standard InChI is InChI=1S/C13H22N2O3S/c1-14-9-3-4-10-19(16,17)15-11-12-5-7-13(18-2)8-6-12/h5-8,14-15H,3-4,9-11H2,1-2H3. The van der Waals surface area contributed by atoms with E-state index in [4.69, 9.17) is 4.74 Å². The van der Waals surface area contributed by atoms with Gasteiger partial charge in [-0.1, -0.05) is 12.1 Å². The highest BCUT2D eigenvalue weighted by molar-refractivity contribution is 7.89. The van der Waals surface area contributed by atoms with Crippen molar-refractivity contribution < 1.29 is 13.2 Å². The maximum Gasteiger partial charge on any atom is 0.211 e. The molecule has 0 fully saturated rings. The molecule has 108 valence electrons. The van der Waals surface area contributed by atoms with Gasteiger partial charge in [-0.2, -0.15) is 0 Å². The van der Waals surface area contributed by atoms with E-state index in [1.807, 2.05) is 31.3 Å². The van der Waals surface area contributed by atoms with E-state index in [9.17, 15) is 8.42 Å². The molecule has 0 saturated heterocycles.